The van der Waals surface area contributed by atoms with E-state index in [1.54, 1.807) is 18.2 Å². The quantitative estimate of drug-likeness (QED) is 0.889. The summed E-state index contributed by atoms with van der Waals surface area (Å²) in [6.07, 6.45) is 0.510. The van der Waals surface area contributed by atoms with Crippen molar-refractivity contribution in [3.63, 3.8) is 0 Å². The van der Waals surface area contributed by atoms with Crippen LogP contribution in [0.5, 0.6) is 5.75 Å². The van der Waals surface area contributed by atoms with Crippen molar-refractivity contribution >= 4 is 11.6 Å². The van der Waals surface area contributed by atoms with Gasteiger partial charge in [0.2, 0.25) is 0 Å². The highest BCUT2D eigenvalue weighted by molar-refractivity contribution is 6.31. The molecule has 0 aliphatic rings. The number of hydrogen-bond acceptors (Lipinski definition) is 3. The second kappa shape index (κ2) is 4.72. The highest BCUT2D eigenvalue weighted by Gasteiger charge is 2.08. The van der Waals surface area contributed by atoms with Crippen LogP contribution in [0.1, 0.15) is 22.8 Å². The number of aromatic hydroxyl groups is 1. The molecule has 1 N–H and O–H groups in total. The third-order valence-corrected chi connectivity index (χ3v) is 2.83. The van der Waals surface area contributed by atoms with Crippen LogP contribution in [0.25, 0.3) is 0 Å². The Kier molecular flexibility index (Phi) is 3.29. The van der Waals surface area contributed by atoms with E-state index in [-0.39, 0.29) is 5.75 Å². The van der Waals surface area contributed by atoms with Gasteiger partial charge in [-0.1, -0.05) is 17.7 Å². The molecule has 0 aliphatic heterocycles. The third kappa shape index (κ3) is 2.74. The maximum atomic E-state index is 9.76. The van der Waals surface area contributed by atoms with Crippen molar-refractivity contribution < 1.29 is 5.11 Å². The molecule has 1 aromatic carbocycles. The average Bonchev–Trinajstić information content (AvgIpc) is 2.22. The Bertz CT molecular complexity index is 515. The predicted octanol–water partition coefficient (Wildman–Crippen LogP) is 3.04. The molecule has 0 spiro atoms. The van der Waals surface area contributed by atoms with Crippen LogP contribution in [0.2, 0.25) is 5.02 Å². The highest BCUT2D eigenvalue weighted by Crippen LogP contribution is 2.27. The van der Waals surface area contributed by atoms with Crippen molar-refractivity contribution in [2.75, 3.05) is 0 Å². The number of phenols is 1. The minimum atomic E-state index is 0.200. The zero-order valence-corrected chi connectivity index (χ0v) is 10.5. The second-order valence-electron chi connectivity index (χ2n) is 3.96. The fraction of sp³-hybridized carbons (Fsp3) is 0.231. The summed E-state index contributed by atoms with van der Waals surface area (Å²) < 4.78 is 0. The lowest BCUT2D eigenvalue weighted by Gasteiger charge is -2.07. The van der Waals surface area contributed by atoms with E-state index < -0.39 is 0 Å². The Morgan fingerprint density at radius 3 is 2.65 bits per heavy atom. The van der Waals surface area contributed by atoms with Gasteiger partial charge in [-0.05, 0) is 32.0 Å². The Hall–Kier alpha value is -1.61. The largest absolute Gasteiger partial charge is 0.508 e. The Labute approximate surface area is 105 Å². The van der Waals surface area contributed by atoms with Gasteiger partial charge in [0.05, 0.1) is 0 Å². The van der Waals surface area contributed by atoms with Crippen molar-refractivity contribution in [3.8, 4) is 5.75 Å². The molecule has 0 fully saturated rings. The van der Waals surface area contributed by atoms with E-state index in [4.69, 9.17) is 11.6 Å². The van der Waals surface area contributed by atoms with Crippen LogP contribution in [0.3, 0.4) is 0 Å². The summed E-state index contributed by atoms with van der Waals surface area (Å²) >= 11 is 6.06. The standard InChI is InChI=1S/C13H13ClN2O/c1-8-6-10(16-9(2)15-8)7-11-12(14)4-3-5-13(11)17/h3-6,17H,7H2,1-2H3. The van der Waals surface area contributed by atoms with Gasteiger partial charge in [-0.25, -0.2) is 9.97 Å². The first-order valence-corrected chi connectivity index (χ1v) is 5.71. The molecule has 0 aliphatic carbocycles. The van der Waals surface area contributed by atoms with Gasteiger partial charge in [-0.3, -0.25) is 0 Å². The van der Waals surface area contributed by atoms with Gasteiger partial charge in [-0.2, -0.15) is 0 Å². The molecule has 0 atom stereocenters. The molecular weight excluding hydrogens is 236 g/mol. The fourth-order valence-electron chi connectivity index (χ4n) is 1.79. The number of halogens is 1. The van der Waals surface area contributed by atoms with Gasteiger partial charge in [0.25, 0.3) is 0 Å². The van der Waals surface area contributed by atoms with Crippen LogP contribution >= 0.6 is 11.6 Å². The molecule has 0 saturated carbocycles. The molecule has 1 aromatic heterocycles. The first-order chi connectivity index (χ1) is 8.06. The van der Waals surface area contributed by atoms with E-state index in [0.29, 0.717) is 17.0 Å². The lowest BCUT2D eigenvalue weighted by Crippen LogP contribution is -1.99. The monoisotopic (exact) mass is 248 g/mol. The summed E-state index contributed by atoms with van der Waals surface area (Å²) in [4.78, 5) is 8.54. The zero-order chi connectivity index (χ0) is 12.4. The van der Waals surface area contributed by atoms with E-state index in [0.717, 1.165) is 17.2 Å². The summed E-state index contributed by atoms with van der Waals surface area (Å²) in [6.45, 7) is 3.77. The highest BCUT2D eigenvalue weighted by atomic mass is 35.5. The minimum Gasteiger partial charge on any atom is -0.508 e. The molecule has 0 amide bonds. The molecule has 0 unspecified atom stereocenters. The number of aryl methyl sites for hydroxylation is 2. The smallest absolute Gasteiger partial charge is 0.125 e. The molecule has 0 saturated heterocycles. The Morgan fingerprint density at radius 1 is 1.24 bits per heavy atom. The van der Waals surface area contributed by atoms with E-state index in [2.05, 4.69) is 9.97 Å². The normalized spacial score (nSPS) is 10.5. The van der Waals surface area contributed by atoms with Gasteiger partial charge in [0.1, 0.15) is 11.6 Å². The number of phenolic OH excluding ortho intramolecular Hbond substituents is 1. The topological polar surface area (TPSA) is 46.0 Å². The molecule has 0 bridgehead atoms. The summed E-state index contributed by atoms with van der Waals surface area (Å²) in [6, 6.07) is 7.01. The van der Waals surface area contributed by atoms with E-state index >= 15 is 0 Å². The number of nitrogens with zero attached hydrogens (tertiary/aromatic N) is 2. The van der Waals surface area contributed by atoms with Crippen LogP contribution in [-0.4, -0.2) is 15.1 Å². The van der Waals surface area contributed by atoms with Gasteiger partial charge in [-0.15, -0.1) is 0 Å². The first-order valence-electron chi connectivity index (χ1n) is 5.34. The van der Waals surface area contributed by atoms with Crippen LogP contribution < -0.4 is 0 Å². The second-order valence-corrected chi connectivity index (χ2v) is 4.37. The minimum absolute atomic E-state index is 0.200. The molecule has 4 heteroatoms. The van der Waals surface area contributed by atoms with Crippen molar-refractivity contribution in [3.05, 3.63) is 52.1 Å². The molecule has 3 nitrogen and oxygen atoms in total. The zero-order valence-electron chi connectivity index (χ0n) is 9.74. The Balaban J connectivity index is 2.38. The molecule has 17 heavy (non-hydrogen) atoms. The molecule has 88 valence electrons. The van der Waals surface area contributed by atoms with Crippen LogP contribution in [-0.2, 0) is 6.42 Å². The molecular formula is C13H13ClN2O. The van der Waals surface area contributed by atoms with Gasteiger partial charge in [0, 0.05) is 28.4 Å². The SMILES string of the molecule is Cc1cc(Cc2c(O)cccc2Cl)nc(C)n1. The van der Waals surface area contributed by atoms with Crippen LogP contribution in [0, 0.1) is 13.8 Å². The molecule has 2 aromatic rings. The molecule has 2 rings (SSSR count). The number of benzene rings is 1. The van der Waals surface area contributed by atoms with Crippen molar-refractivity contribution in [2.24, 2.45) is 0 Å². The summed E-state index contributed by atoms with van der Waals surface area (Å²) in [5.41, 5.74) is 2.48. The number of hydrogen-bond donors (Lipinski definition) is 1. The molecule has 1 heterocycles. The van der Waals surface area contributed by atoms with Crippen LogP contribution in [0.15, 0.2) is 24.3 Å². The van der Waals surface area contributed by atoms with E-state index in [1.807, 2.05) is 19.9 Å². The molecule has 0 radical (unpaired) electrons. The average molecular weight is 249 g/mol. The number of rotatable bonds is 2. The Morgan fingerprint density at radius 2 is 2.00 bits per heavy atom. The van der Waals surface area contributed by atoms with Crippen molar-refractivity contribution in [2.45, 2.75) is 20.3 Å². The van der Waals surface area contributed by atoms with Gasteiger partial charge < -0.3 is 5.11 Å². The summed E-state index contributed by atoms with van der Waals surface area (Å²) in [5, 5.41) is 10.3. The van der Waals surface area contributed by atoms with Crippen LogP contribution in [0.4, 0.5) is 0 Å². The van der Waals surface area contributed by atoms with Gasteiger partial charge >= 0.3 is 0 Å². The predicted molar refractivity (Wildman–Crippen MR) is 67.4 cm³/mol. The lowest BCUT2D eigenvalue weighted by molar-refractivity contribution is 0.469. The summed E-state index contributed by atoms with van der Waals surface area (Å²) in [5.74, 6) is 0.929. The van der Waals surface area contributed by atoms with Crippen molar-refractivity contribution in [1.29, 1.82) is 0 Å². The lowest BCUT2D eigenvalue weighted by atomic mass is 10.1. The maximum Gasteiger partial charge on any atom is 0.125 e. The fourth-order valence-corrected chi connectivity index (χ4v) is 2.02. The third-order valence-electron chi connectivity index (χ3n) is 2.47. The maximum absolute atomic E-state index is 9.76. The van der Waals surface area contributed by atoms with E-state index in [1.165, 1.54) is 0 Å². The van der Waals surface area contributed by atoms with E-state index in [9.17, 15) is 5.11 Å². The summed E-state index contributed by atoms with van der Waals surface area (Å²) in [7, 11) is 0. The van der Waals surface area contributed by atoms with Crippen molar-refractivity contribution in [1.82, 2.24) is 9.97 Å². The van der Waals surface area contributed by atoms with Gasteiger partial charge in [0.15, 0.2) is 0 Å². The first kappa shape index (κ1) is 11.9. The number of aromatic nitrogens is 2.